The van der Waals surface area contributed by atoms with Crippen LogP contribution in [-0.2, 0) is 6.54 Å². The summed E-state index contributed by atoms with van der Waals surface area (Å²) in [7, 11) is 0. The van der Waals surface area contributed by atoms with E-state index in [0.29, 0.717) is 6.04 Å². The molecule has 0 aliphatic carbocycles. The summed E-state index contributed by atoms with van der Waals surface area (Å²) in [6, 6.07) is 0.597. The number of rotatable bonds is 6. The number of hydrogen-bond donors (Lipinski definition) is 1. The molecule has 0 amide bonds. The molecule has 0 bridgehead atoms. The van der Waals surface area contributed by atoms with E-state index >= 15 is 0 Å². The quantitative estimate of drug-likeness (QED) is 0.833. The molecule has 1 aromatic heterocycles. The van der Waals surface area contributed by atoms with Crippen molar-refractivity contribution in [2.75, 3.05) is 12.0 Å². The summed E-state index contributed by atoms with van der Waals surface area (Å²) in [5.74, 6) is 1.23. The third-order valence-corrected chi connectivity index (χ3v) is 4.08. The first kappa shape index (κ1) is 13.0. The van der Waals surface area contributed by atoms with Gasteiger partial charge in [-0.15, -0.1) is 11.3 Å². The van der Waals surface area contributed by atoms with E-state index in [9.17, 15) is 0 Å². The zero-order valence-corrected chi connectivity index (χ0v) is 11.6. The molecule has 2 nitrogen and oxygen atoms in total. The van der Waals surface area contributed by atoms with Crippen LogP contribution >= 0.6 is 23.1 Å². The minimum atomic E-state index is 0.597. The summed E-state index contributed by atoms with van der Waals surface area (Å²) in [6.07, 6.45) is 3.39. The van der Waals surface area contributed by atoms with E-state index in [1.165, 1.54) is 27.8 Å². The standard InChI is InChI=1S/C11H20N2S2/c1-8(5-6-14-4)12-7-11-9(2)13-10(3)15-11/h8,12H,5-7H2,1-4H3. The fourth-order valence-electron chi connectivity index (χ4n) is 1.40. The van der Waals surface area contributed by atoms with Crippen molar-refractivity contribution in [3.05, 3.63) is 15.6 Å². The van der Waals surface area contributed by atoms with E-state index in [2.05, 4.69) is 37.3 Å². The second kappa shape index (κ2) is 6.51. The van der Waals surface area contributed by atoms with Crippen LogP contribution in [-0.4, -0.2) is 23.0 Å². The molecule has 1 aromatic rings. The number of hydrogen-bond acceptors (Lipinski definition) is 4. The Morgan fingerprint density at radius 1 is 1.47 bits per heavy atom. The monoisotopic (exact) mass is 244 g/mol. The lowest BCUT2D eigenvalue weighted by atomic mass is 10.2. The van der Waals surface area contributed by atoms with Crippen LogP contribution in [0.25, 0.3) is 0 Å². The molecular weight excluding hydrogens is 224 g/mol. The first-order valence-electron chi connectivity index (χ1n) is 5.28. The van der Waals surface area contributed by atoms with Gasteiger partial charge >= 0.3 is 0 Å². The molecule has 0 saturated heterocycles. The Balaban J connectivity index is 2.33. The molecule has 15 heavy (non-hydrogen) atoms. The molecule has 1 atom stereocenters. The topological polar surface area (TPSA) is 24.9 Å². The minimum Gasteiger partial charge on any atom is -0.309 e. The molecular formula is C11H20N2S2. The number of aryl methyl sites for hydroxylation is 2. The highest BCUT2D eigenvalue weighted by Crippen LogP contribution is 2.16. The number of aromatic nitrogens is 1. The number of thioether (sulfide) groups is 1. The minimum absolute atomic E-state index is 0.597. The lowest BCUT2D eigenvalue weighted by molar-refractivity contribution is 0.539. The Bertz CT molecular complexity index is 297. The summed E-state index contributed by atoms with van der Waals surface area (Å²) >= 11 is 3.71. The molecule has 0 spiro atoms. The number of nitrogens with one attached hydrogen (secondary N) is 1. The van der Waals surface area contributed by atoms with Crippen LogP contribution in [0, 0.1) is 13.8 Å². The summed E-state index contributed by atoms with van der Waals surface area (Å²) in [5.41, 5.74) is 1.18. The fourth-order valence-corrected chi connectivity index (χ4v) is 2.88. The average molecular weight is 244 g/mol. The molecule has 1 N–H and O–H groups in total. The molecule has 0 radical (unpaired) electrons. The first-order valence-corrected chi connectivity index (χ1v) is 7.49. The maximum Gasteiger partial charge on any atom is 0.0900 e. The van der Waals surface area contributed by atoms with Crippen LogP contribution in [0.15, 0.2) is 0 Å². The molecule has 0 aliphatic rings. The number of nitrogens with zero attached hydrogens (tertiary/aromatic N) is 1. The first-order chi connectivity index (χ1) is 7.13. The largest absolute Gasteiger partial charge is 0.309 e. The highest BCUT2D eigenvalue weighted by Gasteiger charge is 2.06. The molecule has 1 rings (SSSR count). The van der Waals surface area contributed by atoms with E-state index in [4.69, 9.17) is 0 Å². The zero-order chi connectivity index (χ0) is 11.3. The fraction of sp³-hybridized carbons (Fsp3) is 0.727. The zero-order valence-electron chi connectivity index (χ0n) is 9.96. The van der Waals surface area contributed by atoms with Gasteiger partial charge in [0.25, 0.3) is 0 Å². The van der Waals surface area contributed by atoms with Crippen molar-refractivity contribution >= 4 is 23.1 Å². The molecule has 0 aromatic carbocycles. The second-order valence-corrected chi connectivity index (χ2v) is 6.08. The SMILES string of the molecule is CSCCC(C)NCc1sc(C)nc1C. The van der Waals surface area contributed by atoms with Crippen molar-refractivity contribution in [3.8, 4) is 0 Å². The Hall–Kier alpha value is -0.0600. The van der Waals surface area contributed by atoms with Gasteiger partial charge in [0.05, 0.1) is 10.7 Å². The maximum atomic E-state index is 4.43. The molecule has 0 saturated carbocycles. The van der Waals surface area contributed by atoms with Crippen LogP contribution in [0.4, 0.5) is 0 Å². The Labute approximate surface area is 101 Å². The van der Waals surface area contributed by atoms with Crippen molar-refractivity contribution in [3.63, 3.8) is 0 Å². The lowest BCUT2D eigenvalue weighted by Gasteiger charge is -2.12. The summed E-state index contributed by atoms with van der Waals surface area (Å²) in [6.45, 7) is 7.37. The highest BCUT2D eigenvalue weighted by atomic mass is 32.2. The molecule has 86 valence electrons. The average Bonchev–Trinajstić information content (AvgIpc) is 2.51. The van der Waals surface area contributed by atoms with Crippen LogP contribution < -0.4 is 5.32 Å². The molecule has 0 fully saturated rings. The number of thiazole rings is 1. The van der Waals surface area contributed by atoms with Gasteiger partial charge in [0.15, 0.2) is 0 Å². The van der Waals surface area contributed by atoms with Gasteiger partial charge < -0.3 is 5.32 Å². The molecule has 0 aliphatic heterocycles. The van der Waals surface area contributed by atoms with E-state index in [-0.39, 0.29) is 0 Å². The predicted octanol–water partition coefficient (Wildman–Crippen LogP) is 2.99. The smallest absolute Gasteiger partial charge is 0.0900 e. The summed E-state index contributed by atoms with van der Waals surface area (Å²) < 4.78 is 0. The maximum absolute atomic E-state index is 4.43. The second-order valence-electron chi connectivity index (χ2n) is 3.80. The van der Waals surface area contributed by atoms with Crippen LogP contribution in [0.5, 0.6) is 0 Å². The van der Waals surface area contributed by atoms with Crippen molar-refractivity contribution < 1.29 is 0 Å². The van der Waals surface area contributed by atoms with Gasteiger partial charge in [-0.2, -0.15) is 11.8 Å². The third-order valence-electron chi connectivity index (χ3n) is 2.37. The third kappa shape index (κ3) is 4.53. The van der Waals surface area contributed by atoms with Gasteiger partial charge in [0.2, 0.25) is 0 Å². The Morgan fingerprint density at radius 3 is 2.73 bits per heavy atom. The predicted molar refractivity (Wildman–Crippen MR) is 70.9 cm³/mol. The van der Waals surface area contributed by atoms with Gasteiger partial charge in [0.1, 0.15) is 0 Å². The van der Waals surface area contributed by atoms with Gasteiger partial charge in [-0.05, 0) is 39.2 Å². The molecule has 1 unspecified atom stereocenters. The van der Waals surface area contributed by atoms with Crippen molar-refractivity contribution in [1.29, 1.82) is 0 Å². The normalized spacial score (nSPS) is 13.1. The van der Waals surface area contributed by atoms with Crippen molar-refractivity contribution in [2.45, 2.75) is 39.8 Å². The van der Waals surface area contributed by atoms with E-state index < -0.39 is 0 Å². The van der Waals surface area contributed by atoms with Crippen LogP contribution in [0.3, 0.4) is 0 Å². The molecule has 4 heteroatoms. The van der Waals surface area contributed by atoms with E-state index in [1.807, 2.05) is 11.8 Å². The van der Waals surface area contributed by atoms with Crippen molar-refractivity contribution in [2.24, 2.45) is 0 Å². The van der Waals surface area contributed by atoms with Crippen LogP contribution in [0.1, 0.15) is 28.9 Å². The van der Waals surface area contributed by atoms with Gasteiger partial charge in [0, 0.05) is 17.5 Å². The molecule has 1 heterocycles. The van der Waals surface area contributed by atoms with E-state index in [0.717, 1.165) is 6.54 Å². The highest BCUT2D eigenvalue weighted by molar-refractivity contribution is 7.98. The van der Waals surface area contributed by atoms with Crippen molar-refractivity contribution in [1.82, 2.24) is 10.3 Å². The van der Waals surface area contributed by atoms with Gasteiger partial charge in [-0.3, -0.25) is 0 Å². The Morgan fingerprint density at radius 2 is 2.20 bits per heavy atom. The summed E-state index contributed by atoms with van der Waals surface area (Å²) in [5, 5.41) is 4.71. The van der Waals surface area contributed by atoms with Gasteiger partial charge in [-0.25, -0.2) is 4.98 Å². The Kier molecular flexibility index (Phi) is 5.64. The van der Waals surface area contributed by atoms with Crippen LogP contribution in [0.2, 0.25) is 0 Å². The lowest BCUT2D eigenvalue weighted by Crippen LogP contribution is -2.25. The van der Waals surface area contributed by atoms with Gasteiger partial charge in [-0.1, -0.05) is 0 Å². The van der Waals surface area contributed by atoms with E-state index in [1.54, 1.807) is 11.3 Å². The summed E-state index contributed by atoms with van der Waals surface area (Å²) in [4.78, 5) is 5.80.